The van der Waals surface area contributed by atoms with Crippen LogP contribution in [0.25, 0.3) is 0 Å². The Morgan fingerprint density at radius 2 is 1.76 bits per heavy atom. The molecule has 1 aromatic heterocycles. The molecule has 114 valence electrons. The standard InChI is InChI=1S/C16H24N4O/c1-2-12(3-1)15-17-18-16(20(15)6-11-4-5-11)19-7-13-9-21-10-14(13)8-19/h11-14H,1-10H2/t13-,14+. The molecule has 4 aliphatic rings. The Hall–Kier alpha value is -1.10. The summed E-state index contributed by atoms with van der Waals surface area (Å²) in [5.41, 5.74) is 0. The van der Waals surface area contributed by atoms with Gasteiger partial charge in [-0.25, -0.2) is 0 Å². The summed E-state index contributed by atoms with van der Waals surface area (Å²) in [5, 5.41) is 9.20. The predicted octanol–water partition coefficient (Wildman–Crippen LogP) is 2.04. The molecule has 0 aromatic carbocycles. The second-order valence-corrected chi connectivity index (χ2v) is 7.50. The number of fused-ring (bicyclic) bond motifs is 1. The van der Waals surface area contributed by atoms with E-state index < -0.39 is 0 Å². The van der Waals surface area contributed by atoms with Crippen molar-refractivity contribution in [3.63, 3.8) is 0 Å². The minimum atomic E-state index is 0.676. The van der Waals surface area contributed by atoms with Crippen molar-refractivity contribution in [3.8, 4) is 0 Å². The first-order valence-corrected chi connectivity index (χ1v) is 8.64. The molecule has 21 heavy (non-hydrogen) atoms. The third-order valence-corrected chi connectivity index (χ3v) is 5.89. The highest BCUT2D eigenvalue weighted by Crippen LogP contribution is 2.40. The average molecular weight is 288 g/mol. The summed E-state index contributed by atoms with van der Waals surface area (Å²) in [6, 6.07) is 0. The van der Waals surface area contributed by atoms with Crippen molar-refractivity contribution >= 4 is 5.95 Å². The number of ether oxygens (including phenoxy) is 1. The fraction of sp³-hybridized carbons (Fsp3) is 0.875. The minimum Gasteiger partial charge on any atom is -0.381 e. The van der Waals surface area contributed by atoms with E-state index in [1.165, 1.54) is 37.9 Å². The number of aromatic nitrogens is 3. The summed E-state index contributed by atoms with van der Waals surface area (Å²) < 4.78 is 8.08. The minimum absolute atomic E-state index is 0.676. The Kier molecular flexibility index (Phi) is 2.78. The highest BCUT2D eigenvalue weighted by molar-refractivity contribution is 5.35. The smallest absolute Gasteiger partial charge is 0.227 e. The van der Waals surface area contributed by atoms with Crippen molar-refractivity contribution in [2.24, 2.45) is 17.8 Å². The van der Waals surface area contributed by atoms with Gasteiger partial charge in [0.05, 0.1) is 13.2 Å². The second kappa shape index (κ2) is 4.70. The van der Waals surface area contributed by atoms with Crippen LogP contribution in [0.5, 0.6) is 0 Å². The molecule has 0 N–H and O–H groups in total. The number of anilines is 1. The molecule has 0 spiro atoms. The zero-order chi connectivity index (χ0) is 13.8. The van der Waals surface area contributed by atoms with E-state index >= 15 is 0 Å². The molecule has 4 fully saturated rings. The molecule has 2 saturated heterocycles. The Morgan fingerprint density at radius 3 is 2.38 bits per heavy atom. The zero-order valence-corrected chi connectivity index (χ0v) is 12.6. The van der Waals surface area contributed by atoms with Gasteiger partial charge < -0.3 is 9.64 Å². The summed E-state index contributed by atoms with van der Waals surface area (Å²) in [6.45, 7) is 5.24. The van der Waals surface area contributed by atoms with Crippen LogP contribution in [-0.2, 0) is 11.3 Å². The maximum atomic E-state index is 5.60. The quantitative estimate of drug-likeness (QED) is 0.850. The van der Waals surface area contributed by atoms with E-state index in [2.05, 4.69) is 19.7 Å². The van der Waals surface area contributed by atoms with E-state index in [1.807, 2.05) is 0 Å². The van der Waals surface area contributed by atoms with Gasteiger partial charge in [-0.2, -0.15) is 0 Å². The number of hydrogen-bond donors (Lipinski definition) is 0. The number of nitrogens with zero attached hydrogens (tertiary/aromatic N) is 4. The Morgan fingerprint density at radius 1 is 1.00 bits per heavy atom. The molecule has 2 aliphatic heterocycles. The van der Waals surface area contributed by atoms with E-state index in [9.17, 15) is 0 Å². The van der Waals surface area contributed by atoms with Crippen LogP contribution < -0.4 is 4.90 Å². The van der Waals surface area contributed by atoms with Gasteiger partial charge in [0.2, 0.25) is 5.95 Å². The maximum absolute atomic E-state index is 5.60. The topological polar surface area (TPSA) is 43.2 Å². The van der Waals surface area contributed by atoms with E-state index in [1.54, 1.807) is 0 Å². The highest BCUT2D eigenvalue weighted by Gasteiger charge is 2.40. The van der Waals surface area contributed by atoms with E-state index in [0.29, 0.717) is 17.8 Å². The van der Waals surface area contributed by atoms with Gasteiger partial charge in [-0.3, -0.25) is 4.57 Å². The molecule has 2 aliphatic carbocycles. The first-order valence-electron chi connectivity index (χ1n) is 8.64. The van der Waals surface area contributed by atoms with E-state index in [0.717, 1.165) is 44.7 Å². The first kappa shape index (κ1) is 12.4. The van der Waals surface area contributed by atoms with Crippen LogP contribution in [0, 0.1) is 17.8 Å². The third-order valence-electron chi connectivity index (χ3n) is 5.89. The molecule has 5 heteroatoms. The van der Waals surface area contributed by atoms with Gasteiger partial charge in [-0.1, -0.05) is 6.42 Å². The molecule has 3 heterocycles. The van der Waals surface area contributed by atoms with Crippen molar-refractivity contribution in [1.29, 1.82) is 0 Å². The van der Waals surface area contributed by atoms with E-state index in [4.69, 9.17) is 4.74 Å². The molecule has 0 amide bonds. The van der Waals surface area contributed by atoms with Crippen LogP contribution >= 0.6 is 0 Å². The fourth-order valence-corrected chi connectivity index (χ4v) is 4.09. The zero-order valence-electron chi connectivity index (χ0n) is 12.6. The van der Waals surface area contributed by atoms with Crippen molar-refractivity contribution in [2.75, 3.05) is 31.2 Å². The van der Waals surface area contributed by atoms with Crippen LogP contribution in [-0.4, -0.2) is 41.1 Å². The molecule has 0 unspecified atom stereocenters. The van der Waals surface area contributed by atoms with Crippen molar-refractivity contribution < 1.29 is 4.74 Å². The lowest BCUT2D eigenvalue weighted by molar-refractivity contribution is 0.177. The summed E-state index contributed by atoms with van der Waals surface area (Å²) in [4.78, 5) is 2.48. The molecule has 0 bridgehead atoms. The molecule has 2 saturated carbocycles. The SMILES string of the molecule is C1CC(c2nnc(N3C[C@H]4COC[C@H]4C3)n2CC2CC2)C1. The normalized spacial score (nSPS) is 32.5. The second-order valence-electron chi connectivity index (χ2n) is 7.50. The van der Waals surface area contributed by atoms with Crippen LogP contribution in [0.3, 0.4) is 0 Å². The van der Waals surface area contributed by atoms with Gasteiger partial charge in [0.1, 0.15) is 5.82 Å². The lowest BCUT2D eigenvalue weighted by Gasteiger charge is -2.26. The third kappa shape index (κ3) is 2.08. The summed E-state index contributed by atoms with van der Waals surface area (Å²) in [7, 11) is 0. The van der Waals surface area contributed by atoms with Crippen LogP contribution in [0.15, 0.2) is 0 Å². The molecular formula is C16H24N4O. The molecule has 0 radical (unpaired) electrons. The van der Waals surface area contributed by atoms with Gasteiger partial charge >= 0.3 is 0 Å². The molecule has 5 nitrogen and oxygen atoms in total. The van der Waals surface area contributed by atoms with Crippen molar-refractivity contribution in [3.05, 3.63) is 5.82 Å². The fourth-order valence-electron chi connectivity index (χ4n) is 4.09. The largest absolute Gasteiger partial charge is 0.381 e. The van der Waals surface area contributed by atoms with Gasteiger partial charge in [0.25, 0.3) is 0 Å². The Bertz CT molecular complexity index is 522. The molecule has 1 aromatic rings. The van der Waals surface area contributed by atoms with Gasteiger partial charge in [-0.05, 0) is 31.6 Å². The predicted molar refractivity (Wildman–Crippen MR) is 79.4 cm³/mol. The summed E-state index contributed by atoms with van der Waals surface area (Å²) >= 11 is 0. The monoisotopic (exact) mass is 288 g/mol. The van der Waals surface area contributed by atoms with Gasteiger partial charge in [-0.15, -0.1) is 10.2 Å². The Balaban J connectivity index is 1.43. The lowest BCUT2D eigenvalue weighted by atomic mass is 9.85. The van der Waals surface area contributed by atoms with Crippen LogP contribution in [0.4, 0.5) is 5.95 Å². The maximum Gasteiger partial charge on any atom is 0.227 e. The molecular weight excluding hydrogens is 264 g/mol. The van der Waals surface area contributed by atoms with E-state index in [-0.39, 0.29) is 0 Å². The van der Waals surface area contributed by atoms with Crippen LogP contribution in [0.1, 0.15) is 43.8 Å². The number of rotatable bonds is 4. The van der Waals surface area contributed by atoms with Gasteiger partial charge in [0.15, 0.2) is 0 Å². The average Bonchev–Trinajstić information content (AvgIpc) is 2.79. The molecule has 2 atom stereocenters. The van der Waals surface area contributed by atoms with Crippen molar-refractivity contribution in [2.45, 2.75) is 44.6 Å². The van der Waals surface area contributed by atoms with Crippen molar-refractivity contribution in [1.82, 2.24) is 14.8 Å². The van der Waals surface area contributed by atoms with Crippen LogP contribution in [0.2, 0.25) is 0 Å². The summed E-state index contributed by atoms with van der Waals surface area (Å²) in [5.74, 6) is 5.40. The first-order chi connectivity index (χ1) is 10.4. The molecule has 5 rings (SSSR count). The van der Waals surface area contributed by atoms with Gasteiger partial charge in [0, 0.05) is 37.4 Å². The highest BCUT2D eigenvalue weighted by atomic mass is 16.5. The lowest BCUT2D eigenvalue weighted by Crippen LogP contribution is -2.27. The summed E-state index contributed by atoms with van der Waals surface area (Å²) in [6.07, 6.45) is 6.76. The Labute approximate surface area is 125 Å². The number of hydrogen-bond acceptors (Lipinski definition) is 4.